The van der Waals surface area contributed by atoms with Crippen LogP contribution in [0, 0.1) is 11.6 Å². The third kappa shape index (κ3) is 3.22. The predicted molar refractivity (Wildman–Crippen MR) is 74.5 cm³/mol. The van der Waals surface area contributed by atoms with Crippen LogP contribution in [0.3, 0.4) is 0 Å². The highest BCUT2D eigenvalue weighted by Crippen LogP contribution is 2.21. The lowest BCUT2D eigenvalue weighted by Crippen LogP contribution is -2.18. The number of halogens is 2. The van der Waals surface area contributed by atoms with E-state index in [4.69, 9.17) is 0 Å². The van der Waals surface area contributed by atoms with E-state index in [1.165, 1.54) is 6.07 Å². The van der Waals surface area contributed by atoms with Crippen molar-refractivity contribution in [3.8, 4) is 0 Å². The van der Waals surface area contributed by atoms with Crippen molar-refractivity contribution in [1.29, 1.82) is 0 Å². The first-order valence-electron chi connectivity index (χ1n) is 6.03. The van der Waals surface area contributed by atoms with Crippen LogP contribution < -0.4 is 10.2 Å². The zero-order valence-corrected chi connectivity index (χ0v) is 11.0. The Kier molecular flexibility index (Phi) is 4.00. The number of rotatable bonds is 4. The Morgan fingerprint density at radius 1 is 1.11 bits per heavy atom. The molecule has 0 saturated heterocycles. The molecule has 0 heterocycles. The first kappa shape index (κ1) is 13.3. The number of hydrogen-bond acceptors (Lipinski definition) is 2. The molecule has 0 fully saturated rings. The second-order valence-corrected chi connectivity index (χ2v) is 4.40. The van der Waals surface area contributed by atoms with Crippen molar-refractivity contribution >= 4 is 11.4 Å². The summed E-state index contributed by atoms with van der Waals surface area (Å²) in [5, 5.41) is 3.05. The van der Waals surface area contributed by atoms with Crippen LogP contribution in [0.25, 0.3) is 0 Å². The van der Waals surface area contributed by atoms with Crippen LogP contribution in [0.5, 0.6) is 0 Å². The molecule has 2 aromatic rings. The fourth-order valence-corrected chi connectivity index (χ4v) is 1.96. The number of hydrogen-bond donors (Lipinski definition) is 1. The second-order valence-electron chi connectivity index (χ2n) is 4.40. The first-order valence-corrected chi connectivity index (χ1v) is 6.03. The molecular formula is C15H16F2N2. The van der Waals surface area contributed by atoms with Crippen molar-refractivity contribution < 1.29 is 8.78 Å². The number of nitrogens with one attached hydrogen (secondary N) is 1. The normalized spacial score (nSPS) is 10.3. The SMILES string of the molecule is CNc1cccc(CN(C)c2cc(F)ccc2F)c1. The van der Waals surface area contributed by atoms with Crippen LogP contribution in [0.2, 0.25) is 0 Å². The summed E-state index contributed by atoms with van der Waals surface area (Å²) in [6.07, 6.45) is 0. The van der Waals surface area contributed by atoms with Crippen LogP contribution in [0.4, 0.5) is 20.2 Å². The monoisotopic (exact) mass is 262 g/mol. The summed E-state index contributed by atoms with van der Waals surface area (Å²) in [4.78, 5) is 1.69. The molecule has 2 rings (SSSR count). The summed E-state index contributed by atoms with van der Waals surface area (Å²) in [6.45, 7) is 0.510. The molecule has 100 valence electrons. The first-order chi connectivity index (χ1) is 9.10. The van der Waals surface area contributed by atoms with Crippen LogP contribution in [0.15, 0.2) is 42.5 Å². The van der Waals surface area contributed by atoms with Gasteiger partial charge in [-0.05, 0) is 29.8 Å². The Labute approximate surface area is 111 Å². The summed E-state index contributed by atoms with van der Waals surface area (Å²) < 4.78 is 26.8. The quantitative estimate of drug-likeness (QED) is 0.905. The molecule has 0 aliphatic heterocycles. The second kappa shape index (κ2) is 5.69. The maximum Gasteiger partial charge on any atom is 0.146 e. The van der Waals surface area contributed by atoms with Crippen molar-refractivity contribution in [3.05, 3.63) is 59.7 Å². The van der Waals surface area contributed by atoms with Gasteiger partial charge < -0.3 is 10.2 Å². The maximum atomic E-state index is 13.6. The summed E-state index contributed by atoms with van der Waals surface area (Å²) in [5.74, 6) is -0.860. The van der Waals surface area contributed by atoms with Crippen LogP contribution >= 0.6 is 0 Å². The van der Waals surface area contributed by atoms with Gasteiger partial charge in [0, 0.05) is 32.4 Å². The molecule has 0 aliphatic rings. The van der Waals surface area contributed by atoms with Gasteiger partial charge in [0.2, 0.25) is 0 Å². The Morgan fingerprint density at radius 2 is 1.89 bits per heavy atom. The van der Waals surface area contributed by atoms with Gasteiger partial charge in [-0.3, -0.25) is 0 Å². The van der Waals surface area contributed by atoms with Crippen LogP contribution in [-0.2, 0) is 6.54 Å². The van der Waals surface area contributed by atoms with Gasteiger partial charge in [0.15, 0.2) is 0 Å². The lowest BCUT2D eigenvalue weighted by atomic mass is 10.1. The van der Waals surface area contributed by atoms with Gasteiger partial charge in [-0.2, -0.15) is 0 Å². The Bertz CT molecular complexity index is 570. The van der Waals surface area contributed by atoms with Crippen molar-refractivity contribution in [3.63, 3.8) is 0 Å². The Hall–Kier alpha value is -2.10. The minimum absolute atomic E-state index is 0.259. The molecule has 2 nitrogen and oxygen atoms in total. The molecular weight excluding hydrogens is 246 g/mol. The summed E-state index contributed by atoms with van der Waals surface area (Å²) in [7, 11) is 3.58. The van der Waals surface area contributed by atoms with Crippen molar-refractivity contribution in [2.24, 2.45) is 0 Å². The van der Waals surface area contributed by atoms with Crippen molar-refractivity contribution in [1.82, 2.24) is 0 Å². The van der Waals surface area contributed by atoms with Gasteiger partial charge in [0.05, 0.1) is 5.69 Å². The molecule has 0 saturated carbocycles. The third-order valence-electron chi connectivity index (χ3n) is 2.95. The van der Waals surface area contributed by atoms with Gasteiger partial charge in [0.25, 0.3) is 0 Å². The van der Waals surface area contributed by atoms with Gasteiger partial charge in [0.1, 0.15) is 11.6 Å². The van der Waals surface area contributed by atoms with Gasteiger partial charge in [-0.15, -0.1) is 0 Å². The van der Waals surface area contributed by atoms with E-state index in [2.05, 4.69) is 5.32 Å². The molecule has 1 N–H and O–H groups in total. The molecule has 0 radical (unpaired) electrons. The van der Waals surface area contributed by atoms with E-state index in [-0.39, 0.29) is 5.69 Å². The van der Waals surface area contributed by atoms with Crippen molar-refractivity contribution in [2.45, 2.75) is 6.54 Å². The maximum absolute atomic E-state index is 13.6. The molecule has 0 unspecified atom stereocenters. The molecule has 0 bridgehead atoms. The average molecular weight is 262 g/mol. The highest BCUT2D eigenvalue weighted by atomic mass is 19.1. The molecule has 4 heteroatoms. The predicted octanol–water partition coefficient (Wildman–Crippen LogP) is 3.64. The van der Waals surface area contributed by atoms with Crippen LogP contribution in [0.1, 0.15) is 5.56 Å². The van der Waals surface area contributed by atoms with Crippen molar-refractivity contribution in [2.75, 3.05) is 24.3 Å². The van der Waals surface area contributed by atoms with Gasteiger partial charge in [-0.25, -0.2) is 8.78 Å². The molecule has 2 aromatic carbocycles. The number of nitrogens with zero attached hydrogens (tertiary/aromatic N) is 1. The average Bonchev–Trinajstić information content (AvgIpc) is 2.41. The standard InChI is InChI=1S/C15H16F2N2/c1-18-13-5-3-4-11(8-13)10-19(2)15-9-12(16)6-7-14(15)17/h3-9,18H,10H2,1-2H3. The minimum atomic E-state index is -0.438. The van der Waals surface area contributed by atoms with E-state index in [9.17, 15) is 8.78 Å². The molecule has 0 aromatic heterocycles. The number of benzene rings is 2. The van der Waals surface area contributed by atoms with Gasteiger partial charge in [-0.1, -0.05) is 12.1 Å². The van der Waals surface area contributed by atoms with E-state index in [0.29, 0.717) is 6.54 Å². The summed E-state index contributed by atoms with van der Waals surface area (Å²) in [5.41, 5.74) is 2.28. The highest BCUT2D eigenvalue weighted by molar-refractivity contribution is 5.50. The smallest absolute Gasteiger partial charge is 0.146 e. The van der Waals surface area contributed by atoms with Gasteiger partial charge >= 0.3 is 0 Å². The highest BCUT2D eigenvalue weighted by Gasteiger charge is 2.09. The van der Waals surface area contributed by atoms with E-state index in [1.807, 2.05) is 31.3 Å². The largest absolute Gasteiger partial charge is 0.388 e. The lowest BCUT2D eigenvalue weighted by molar-refractivity contribution is 0.596. The molecule has 19 heavy (non-hydrogen) atoms. The zero-order chi connectivity index (χ0) is 13.8. The fraction of sp³-hybridized carbons (Fsp3) is 0.200. The molecule has 0 amide bonds. The molecule has 0 aliphatic carbocycles. The molecule has 0 spiro atoms. The fourth-order valence-electron chi connectivity index (χ4n) is 1.96. The van der Waals surface area contributed by atoms with E-state index < -0.39 is 11.6 Å². The van der Waals surface area contributed by atoms with E-state index >= 15 is 0 Å². The zero-order valence-electron chi connectivity index (χ0n) is 11.0. The molecule has 0 atom stereocenters. The number of anilines is 2. The Morgan fingerprint density at radius 3 is 2.63 bits per heavy atom. The summed E-state index contributed by atoms with van der Waals surface area (Å²) >= 11 is 0. The van der Waals surface area contributed by atoms with Crippen LogP contribution in [-0.4, -0.2) is 14.1 Å². The topological polar surface area (TPSA) is 15.3 Å². The Balaban J connectivity index is 2.20. The van der Waals surface area contributed by atoms with E-state index in [1.54, 1.807) is 11.9 Å². The summed E-state index contributed by atoms with van der Waals surface area (Å²) in [6, 6.07) is 11.3. The third-order valence-corrected chi connectivity index (χ3v) is 2.95. The lowest BCUT2D eigenvalue weighted by Gasteiger charge is -2.20. The van der Waals surface area contributed by atoms with E-state index in [0.717, 1.165) is 23.4 Å². The minimum Gasteiger partial charge on any atom is -0.388 e.